The minimum Gasteiger partial charge on any atom is -0.0917 e. The summed E-state index contributed by atoms with van der Waals surface area (Å²) in [7, 11) is 0. The van der Waals surface area contributed by atoms with E-state index in [9.17, 15) is 0 Å². The van der Waals surface area contributed by atoms with Gasteiger partial charge in [-0.1, -0.05) is 25.5 Å². The smallest absolute Gasteiger partial charge is 0.0322 e. The molecule has 1 saturated carbocycles. The second-order valence-corrected chi connectivity index (χ2v) is 3.59. The zero-order valence-electron chi connectivity index (χ0n) is 7.14. The van der Waals surface area contributed by atoms with Crippen molar-refractivity contribution in [2.24, 2.45) is 11.8 Å². The predicted molar refractivity (Wildman–Crippen MR) is 45.9 cm³/mol. The van der Waals surface area contributed by atoms with Crippen LogP contribution in [0.15, 0.2) is 12.2 Å². The van der Waals surface area contributed by atoms with Gasteiger partial charge in [0.05, 0.1) is 0 Å². The topological polar surface area (TPSA) is 0 Å². The molecular weight excluding hydrogens is 120 g/mol. The van der Waals surface area contributed by atoms with Crippen molar-refractivity contribution in [2.45, 2.75) is 39.5 Å². The summed E-state index contributed by atoms with van der Waals surface area (Å²) in [4.78, 5) is 0. The maximum Gasteiger partial charge on any atom is -0.0322 e. The Bertz CT molecular complexity index is 113. The molecule has 0 bridgehead atoms. The van der Waals surface area contributed by atoms with Crippen molar-refractivity contribution in [3.63, 3.8) is 0 Å². The summed E-state index contributed by atoms with van der Waals surface area (Å²) in [6.07, 6.45) is 10.2. The fraction of sp³-hybridized carbons (Fsp3) is 0.800. The van der Waals surface area contributed by atoms with Crippen molar-refractivity contribution in [3.8, 4) is 0 Å². The average Bonchev–Trinajstić information content (AvgIpc) is 2.31. The van der Waals surface area contributed by atoms with E-state index in [1.807, 2.05) is 0 Å². The van der Waals surface area contributed by atoms with Crippen LogP contribution in [0, 0.1) is 11.8 Å². The van der Waals surface area contributed by atoms with Crippen molar-refractivity contribution >= 4 is 0 Å². The van der Waals surface area contributed by atoms with Crippen LogP contribution in [0.5, 0.6) is 0 Å². The lowest BCUT2D eigenvalue weighted by Crippen LogP contribution is -1.91. The third-order valence-electron chi connectivity index (χ3n) is 2.51. The molecule has 10 heavy (non-hydrogen) atoms. The molecule has 1 rings (SSSR count). The van der Waals surface area contributed by atoms with Crippen molar-refractivity contribution < 1.29 is 0 Å². The second-order valence-electron chi connectivity index (χ2n) is 3.59. The normalized spacial score (nSPS) is 33.8. The van der Waals surface area contributed by atoms with E-state index in [-0.39, 0.29) is 0 Å². The van der Waals surface area contributed by atoms with E-state index in [0.29, 0.717) is 0 Å². The van der Waals surface area contributed by atoms with Crippen LogP contribution in [0.25, 0.3) is 0 Å². The Morgan fingerprint density at radius 2 is 2.20 bits per heavy atom. The van der Waals surface area contributed by atoms with E-state index in [0.717, 1.165) is 11.8 Å². The van der Waals surface area contributed by atoms with Crippen LogP contribution in [-0.4, -0.2) is 0 Å². The highest BCUT2D eigenvalue weighted by Crippen LogP contribution is 2.32. The fourth-order valence-corrected chi connectivity index (χ4v) is 1.87. The third kappa shape index (κ3) is 2.17. The molecular formula is C10H18. The van der Waals surface area contributed by atoms with Crippen molar-refractivity contribution in [1.29, 1.82) is 0 Å². The van der Waals surface area contributed by atoms with E-state index >= 15 is 0 Å². The van der Waals surface area contributed by atoms with Crippen LogP contribution >= 0.6 is 0 Å². The first kappa shape index (κ1) is 7.84. The molecule has 2 atom stereocenters. The summed E-state index contributed by atoms with van der Waals surface area (Å²) >= 11 is 0. The van der Waals surface area contributed by atoms with E-state index in [1.54, 1.807) is 0 Å². The van der Waals surface area contributed by atoms with Crippen LogP contribution in [0.4, 0.5) is 0 Å². The van der Waals surface area contributed by atoms with Crippen LogP contribution in [0.2, 0.25) is 0 Å². The standard InChI is InChI=1S/C10H18/c1-3-4-5-10-7-6-9(2)8-10/h3-4,9-10H,5-8H2,1-2H3/b4-3-/t9?,10-/m1/s1. The first-order valence-corrected chi connectivity index (χ1v) is 4.44. The zero-order valence-corrected chi connectivity index (χ0v) is 7.14. The third-order valence-corrected chi connectivity index (χ3v) is 2.51. The largest absolute Gasteiger partial charge is 0.0917 e. The Morgan fingerprint density at radius 1 is 1.40 bits per heavy atom. The van der Waals surface area contributed by atoms with Gasteiger partial charge in [-0.25, -0.2) is 0 Å². The van der Waals surface area contributed by atoms with Crippen molar-refractivity contribution in [2.75, 3.05) is 0 Å². The van der Waals surface area contributed by atoms with Crippen LogP contribution in [-0.2, 0) is 0 Å². The number of hydrogen-bond acceptors (Lipinski definition) is 0. The summed E-state index contributed by atoms with van der Waals surface area (Å²) in [6, 6.07) is 0. The van der Waals surface area contributed by atoms with Gasteiger partial charge in [0.25, 0.3) is 0 Å². The highest BCUT2D eigenvalue weighted by atomic mass is 14.2. The van der Waals surface area contributed by atoms with E-state index in [4.69, 9.17) is 0 Å². The molecule has 1 aliphatic carbocycles. The molecule has 0 N–H and O–H groups in total. The molecule has 0 saturated heterocycles. The Labute approximate surface area is 64.3 Å². The SMILES string of the molecule is C/C=C\C[C@@H]1CCC(C)C1. The minimum atomic E-state index is 0.996. The maximum atomic E-state index is 2.37. The number of hydrogen-bond donors (Lipinski definition) is 0. The summed E-state index contributed by atoms with van der Waals surface area (Å²) < 4.78 is 0. The van der Waals surface area contributed by atoms with Crippen LogP contribution < -0.4 is 0 Å². The number of allylic oxidation sites excluding steroid dienone is 2. The molecule has 0 heterocycles. The Balaban J connectivity index is 2.18. The molecule has 0 amide bonds. The molecule has 1 fully saturated rings. The average molecular weight is 138 g/mol. The Morgan fingerprint density at radius 3 is 2.70 bits per heavy atom. The molecule has 58 valence electrons. The van der Waals surface area contributed by atoms with Gasteiger partial charge in [0.1, 0.15) is 0 Å². The van der Waals surface area contributed by atoms with Crippen LogP contribution in [0.1, 0.15) is 39.5 Å². The van der Waals surface area contributed by atoms with Gasteiger partial charge in [-0.05, 0) is 38.0 Å². The molecule has 1 unspecified atom stereocenters. The van der Waals surface area contributed by atoms with Crippen LogP contribution in [0.3, 0.4) is 0 Å². The molecule has 0 aromatic heterocycles. The van der Waals surface area contributed by atoms with E-state index in [2.05, 4.69) is 26.0 Å². The summed E-state index contributed by atoms with van der Waals surface area (Å²) in [5.74, 6) is 2.00. The molecule has 1 aliphatic rings. The second kappa shape index (κ2) is 3.80. The van der Waals surface area contributed by atoms with Gasteiger partial charge in [-0.15, -0.1) is 0 Å². The zero-order chi connectivity index (χ0) is 7.40. The number of rotatable bonds is 2. The molecule has 0 heteroatoms. The molecule has 0 aromatic rings. The molecule has 0 spiro atoms. The molecule has 0 nitrogen and oxygen atoms in total. The Hall–Kier alpha value is -0.260. The molecule has 0 aliphatic heterocycles. The quantitative estimate of drug-likeness (QED) is 0.513. The van der Waals surface area contributed by atoms with Gasteiger partial charge in [-0.2, -0.15) is 0 Å². The highest BCUT2D eigenvalue weighted by molar-refractivity contribution is 4.83. The molecule has 0 aromatic carbocycles. The maximum absolute atomic E-state index is 2.37. The van der Waals surface area contributed by atoms with E-state index < -0.39 is 0 Å². The van der Waals surface area contributed by atoms with Gasteiger partial charge in [0.15, 0.2) is 0 Å². The van der Waals surface area contributed by atoms with Gasteiger partial charge in [0, 0.05) is 0 Å². The first-order valence-electron chi connectivity index (χ1n) is 4.44. The summed E-state index contributed by atoms with van der Waals surface area (Å²) in [5.41, 5.74) is 0. The monoisotopic (exact) mass is 138 g/mol. The first-order chi connectivity index (χ1) is 4.83. The van der Waals surface area contributed by atoms with Gasteiger partial charge >= 0.3 is 0 Å². The minimum absolute atomic E-state index is 0.996. The predicted octanol–water partition coefficient (Wildman–Crippen LogP) is 3.39. The van der Waals surface area contributed by atoms with Gasteiger partial charge in [0.2, 0.25) is 0 Å². The highest BCUT2D eigenvalue weighted by Gasteiger charge is 2.19. The lowest BCUT2D eigenvalue weighted by Gasteiger charge is -2.03. The lowest BCUT2D eigenvalue weighted by atomic mass is 10.0. The molecule has 0 radical (unpaired) electrons. The van der Waals surface area contributed by atoms with Crippen molar-refractivity contribution in [3.05, 3.63) is 12.2 Å². The Kier molecular flexibility index (Phi) is 2.98. The van der Waals surface area contributed by atoms with Gasteiger partial charge < -0.3 is 0 Å². The van der Waals surface area contributed by atoms with Crippen molar-refractivity contribution in [1.82, 2.24) is 0 Å². The van der Waals surface area contributed by atoms with Gasteiger partial charge in [-0.3, -0.25) is 0 Å². The summed E-state index contributed by atoms with van der Waals surface area (Å²) in [6.45, 7) is 4.48. The lowest BCUT2D eigenvalue weighted by molar-refractivity contribution is 0.521. The van der Waals surface area contributed by atoms with E-state index in [1.165, 1.54) is 25.7 Å². The fourth-order valence-electron chi connectivity index (χ4n) is 1.87. The summed E-state index contributed by atoms with van der Waals surface area (Å²) in [5, 5.41) is 0.